The summed E-state index contributed by atoms with van der Waals surface area (Å²) in [6.45, 7) is 3.03. The van der Waals surface area contributed by atoms with Gasteiger partial charge in [0.1, 0.15) is 0 Å². The van der Waals surface area contributed by atoms with Crippen molar-refractivity contribution in [3.63, 3.8) is 0 Å². The van der Waals surface area contributed by atoms with Crippen molar-refractivity contribution >= 4 is 44.9 Å². The number of nitrogens with one attached hydrogen (secondary N) is 1. The molecule has 1 amide bonds. The summed E-state index contributed by atoms with van der Waals surface area (Å²) in [6.07, 6.45) is -1.18. The maximum Gasteiger partial charge on any atom is 0.341 e. The van der Waals surface area contributed by atoms with Crippen LogP contribution in [-0.2, 0) is 19.4 Å². The number of halogens is 4. The van der Waals surface area contributed by atoms with E-state index in [0.717, 1.165) is 24.3 Å². The van der Waals surface area contributed by atoms with Crippen LogP contribution >= 0.6 is 23.2 Å². The predicted molar refractivity (Wildman–Crippen MR) is 108 cm³/mol. The number of esters is 1. The van der Waals surface area contributed by atoms with Crippen molar-refractivity contribution in [3.8, 4) is 0 Å². The molecule has 162 valence electrons. The van der Waals surface area contributed by atoms with Gasteiger partial charge in [0.15, 0.2) is 6.10 Å². The van der Waals surface area contributed by atoms with Crippen molar-refractivity contribution in [2.24, 2.45) is 0 Å². The maximum absolute atomic E-state index is 12.6. The van der Waals surface area contributed by atoms with E-state index in [2.05, 4.69) is 5.32 Å². The Hall–Kier alpha value is -2.23. The number of alkyl halides is 2. The average Bonchev–Trinajstić information content (AvgIpc) is 2.67. The van der Waals surface area contributed by atoms with Gasteiger partial charge >= 0.3 is 11.7 Å². The predicted octanol–water partition coefficient (Wildman–Crippen LogP) is 4.41. The lowest BCUT2D eigenvalue weighted by molar-refractivity contribution is -0.129. The summed E-state index contributed by atoms with van der Waals surface area (Å²) in [4.78, 5) is 23.8. The van der Waals surface area contributed by atoms with E-state index in [4.69, 9.17) is 27.9 Å². The molecule has 0 aliphatic carbocycles. The highest BCUT2D eigenvalue weighted by molar-refractivity contribution is 7.91. The number of carbonyl (C=O) groups excluding carboxylic acids is 2. The zero-order valence-electron chi connectivity index (χ0n) is 15.7. The summed E-state index contributed by atoms with van der Waals surface area (Å²) >= 11 is 11.9. The first-order valence-corrected chi connectivity index (χ1v) is 10.8. The van der Waals surface area contributed by atoms with Gasteiger partial charge in [-0.15, -0.1) is 0 Å². The standard InChI is InChI=1S/C19H17Cl2F2NO5S/c1-10(15-8-5-13(20)9-16(15)21)24-17(25)11(2)29-18(26)12-3-6-14(7-4-12)30(27,28)19(22)23/h3-11,19H,1-2H3,(H,24,25). The smallest absolute Gasteiger partial charge is 0.341 e. The number of amides is 1. The Kier molecular flexibility index (Phi) is 7.79. The lowest BCUT2D eigenvalue weighted by atomic mass is 10.1. The van der Waals surface area contributed by atoms with Gasteiger partial charge in [-0.2, -0.15) is 8.78 Å². The van der Waals surface area contributed by atoms with Crippen LogP contribution in [0.4, 0.5) is 8.78 Å². The Morgan fingerprint density at radius 3 is 2.17 bits per heavy atom. The first-order valence-electron chi connectivity index (χ1n) is 8.52. The Morgan fingerprint density at radius 1 is 1.03 bits per heavy atom. The SMILES string of the molecule is CC(OC(=O)c1ccc(S(=O)(=O)C(F)F)cc1)C(=O)NC(C)c1ccc(Cl)cc1Cl. The molecule has 30 heavy (non-hydrogen) atoms. The Labute approximate surface area is 182 Å². The van der Waals surface area contributed by atoms with E-state index in [1.165, 1.54) is 13.0 Å². The molecular weight excluding hydrogens is 463 g/mol. The third-order valence-electron chi connectivity index (χ3n) is 4.09. The van der Waals surface area contributed by atoms with E-state index >= 15 is 0 Å². The normalized spacial score (nSPS) is 13.6. The third-order valence-corrected chi connectivity index (χ3v) is 6.05. The summed E-state index contributed by atoms with van der Waals surface area (Å²) < 4.78 is 53.0. The van der Waals surface area contributed by atoms with Crippen molar-refractivity contribution in [3.05, 3.63) is 63.6 Å². The number of hydrogen-bond acceptors (Lipinski definition) is 5. The molecule has 2 rings (SSSR count). The number of ether oxygens (including phenoxy) is 1. The highest BCUT2D eigenvalue weighted by Gasteiger charge is 2.27. The van der Waals surface area contributed by atoms with E-state index in [9.17, 15) is 26.8 Å². The molecule has 0 saturated carbocycles. The number of carbonyl (C=O) groups is 2. The molecule has 0 spiro atoms. The fourth-order valence-corrected chi connectivity index (χ4v) is 3.72. The van der Waals surface area contributed by atoms with Crippen molar-refractivity contribution < 1.29 is 31.5 Å². The van der Waals surface area contributed by atoms with Crippen LogP contribution in [0.3, 0.4) is 0 Å². The van der Waals surface area contributed by atoms with Crippen molar-refractivity contribution in [2.75, 3.05) is 0 Å². The van der Waals surface area contributed by atoms with Crippen LogP contribution in [0, 0.1) is 0 Å². The van der Waals surface area contributed by atoms with Gasteiger partial charge in [0.25, 0.3) is 5.91 Å². The molecule has 0 heterocycles. The first kappa shape index (κ1) is 24.0. The molecule has 2 aromatic carbocycles. The van der Waals surface area contributed by atoms with Crippen LogP contribution in [0.15, 0.2) is 47.4 Å². The van der Waals surface area contributed by atoms with Crippen LogP contribution < -0.4 is 5.32 Å². The second-order valence-corrected chi connectivity index (χ2v) is 9.04. The summed E-state index contributed by atoms with van der Waals surface area (Å²) in [5.41, 5.74) is 0.514. The van der Waals surface area contributed by atoms with E-state index in [-0.39, 0.29) is 5.56 Å². The maximum atomic E-state index is 12.6. The van der Waals surface area contributed by atoms with Gasteiger partial charge in [-0.1, -0.05) is 29.3 Å². The van der Waals surface area contributed by atoms with Gasteiger partial charge < -0.3 is 10.1 Å². The van der Waals surface area contributed by atoms with Crippen LogP contribution in [0.2, 0.25) is 10.0 Å². The molecule has 0 aliphatic heterocycles. The first-order chi connectivity index (χ1) is 13.9. The molecule has 0 fully saturated rings. The number of rotatable bonds is 7. The van der Waals surface area contributed by atoms with E-state index in [1.807, 2.05) is 0 Å². The summed E-state index contributed by atoms with van der Waals surface area (Å²) in [6, 6.07) is 8.09. The molecule has 2 atom stereocenters. The van der Waals surface area contributed by atoms with E-state index in [0.29, 0.717) is 15.6 Å². The second kappa shape index (κ2) is 9.72. The molecule has 0 aromatic heterocycles. The van der Waals surface area contributed by atoms with Crippen LogP contribution in [0.25, 0.3) is 0 Å². The molecule has 0 aliphatic rings. The number of sulfone groups is 1. The van der Waals surface area contributed by atoms with Gasteiger partial charge in [0, 0.05) is 10.0 Å². The highest BCUT2D eigenvalue weighted by Crippen LogP contribution is 2.26. The van der Waals surface area contributed by atoms with Gasteiger partial charge in [0.05, 0.1) is 16.5 Å². The molecule has 2 unspecified atom stereocenters. The summed E-state index contributed by atoms with van der Waals surface area (Å²) in [5, 5.41) is 3.45. The second-order valence-electron chi connectivity index (χ2n) is 6.27. The molecule has 0 bridgehead atoms. The van der Waals surface area contributed by atoms with Gasteiger partial charge in [-0.25, -0.2) is 13.2 Å². The molecule has 1 N–H and O–H groups in total. The molecule has 0 radical (unpaired) electrons. The summed E-state index contributed by atoms with van der Waals surface area (Å²) in [5.74, 6) is -5.09. The van der Waals surface area contributed by atoms with Crippen LogP contribution in [0.5, 0.6) is 0 Å². The minimum Gasteiger partial charge on any atom is -0.449 e. The average molecular weight is 480 g/mol. The Morgan fingerprint density at radius 2 is 1.63 bits per heavy atom. The zero-order chi connectivity index (χ0) is 22.6. The minimum atomic E-state index is -4.77. The minimum absolute atomic E-state index is 0.100. The van der Waals surface area contributed by atoms with Crippen LogP contribution in [0.1, 0.15) is 35.8 Å². The molecule has 11 heteroatoms. The van der Waals surface area contributed by atoms with Gasteiger partial charge in [-0.05, 0) is 55.8 Å². The molecule has 6 nitrogen and oxygen atoms in total. The summed E-state index contributed by atoms with van der Waals surface area (Å²) in [7, 11) is -4.77. The number of benzene rings is 2. The van der Waals surface area contributed by atoms with Crippen LogP contribution in [-0.4, -0.2) is 32.2 Å². The Bertz CT molecular complexity index is 1050. The molecular formula is C19H17Cl2F2NO5S. The fraction of sp³-hybridized carbons (Fsp3) is 0.263. The van der Waals surface area contributed by atoms with E-state index in [1.54, 1.807) is 19.1 Å². The van der Waals surface area contributed by atoms with Crippen molar-refractivity contribution in [1.29, 1.82) is 0 Å². The fourth-order valence-electron chi connectivity index (χ4n) is 2.43. The lowest BCUT2D eigenvalue weighted by Crippen LogP contribution is -2.37. The Balaban J connectivity index is 2.02. The van der Waals surface area contributed by atoms with Crippen molar-refractivity contribution in [1.82, 2.24) is 5.32 Å². The highest BCUT2D eigenvalue weighted by atomic mass is 35.5. The zero-order valence-corrected chi connectivity index (χ0v) is 18.1. The number of hydrogen-bond donors (Lipinski definition) is 1. The van der Waals surface area contributed by atoms with E-state index < -0.39 is 44.5 Å². The quantitative estimate of drug-likeness (QED) is 0.593. The largest absolute Gasteiger partial charge is 0.449 e. The van der Waals surface area contributed by atoms with Crippen molar-refractivity contribution in [2.45, 2.75) is 36.6 Å². The molecule has 0 saturated heterocycles. The monoisotopic (exact) mass is 479 g/mol. The molecule has 2 aromatic rings. The third kappa shape index (κ3) is 5.68. The van der Waals surface area contributed by atoms with Gasteiger partial charge in [-0.3, -0.25) is 4.79 Å². The topological polar surface area (TPSA) is 89.5 Å². The lowest BCUT2D eigenvalue weighted by Gasteiger charge is -2.19. The van der Waals surface area contributed by atoms with Gasteiger partial charge in [0.2, 0.25) is 9.84 Å².